The first-order chi connectivity index (χ1) is 7.92. The van der Waals surface area contributed by atoms with Crippen molar-refractivity contribution in [3.8, 4) is 0 Å². The maximum atomic E-state index is 12.1. The summed E-state index contributed by atoms with van der Waals surface area (Å²) in [6.45, 7) is 2.62. The van der Waals surface area contributed by atoms with Crippen LogP contribution in [0, 0.1) is 0 Å². The van der Waals surface area contributed by atoms with E-state index in [-0.39, 0.29) is 11.9 Å². The summed E-state index contributed by atoms with van der Waals surface area (Å²) in [6, 6.07) is -1.33. The van der Waals surface area contributed by atoms with E-state index in [9.17, 15) is 14.7 Å². The summed E-state index contributed by atoms with van der Waals surface area (Å²) < 4.78 is 0. The van der Waals surface area contributed by atoms with Gasteiger partial charge in [-0.05, 0) is 26.3 Å². The van der Waals surface area contributed by atoms with Gasteiger partial charge in [-0.1, -0.05) is 0 Å². The van der Waals surface area contributed by atoms with Crippen LogP contribution in [0.5, 0.6) is 0 Å². The van der Waals surface area contributed by atoms with Crippen molar-refractivity contribution < 1.29 is 14.7 Å². The summed E-state index contributed by atoms with van der Waals surface area (Å²) in [5, 5.41) is 12.5. The fourth-order valence-corrected chi connectivity index (χ4v) is 2.90. The molecule has 0 radical (unpaired) electrons. The molecule has 2 unspecified atom stereocenters. The van der Waals surface area contributed by atoms with Gasteiger partial charge in [0.05, 0.1) is 6.04 Å². The van der Waals surface area contributed by atoms with Crippen LogP contribution in [0.1, 0.15) is 19.8 Å². The van der Waals surface area contributed by atoms with E-state index >= 15 is 0 Å². The number of aliphatic hydroxyl groups excluding tert-OH is 1. The standard InChI is InChI=1S/C10H18N4O3/c1-5-10(3-2-4-13-10)9(17)14(5)6(7(11)15)8(12)16/h5-7,13,15H,2-4,11H2,1H3,(H2,12,16)/t5?,6-,7-,10?/m0/s1. The number of aliphatic hydroxyl groups is 1. The number of amides is 2. The number of nitrogens with two attached hydrogens (primary N) is 2. The normalized spacial score (nSPS) is 35.8. The van der Waals surface area contributed by atoms with Gasteiger partial charge in [-0.25, -0.2) is 0 Å². The maximum Gasteiger partial charge on any atom is 0.246 e. The second kappa shape index (κ2) is 3.94. The van der Waals surface area contributed by atoms with Crippen LogP contribution in [0.3, 0.4) is 0 Å². The monoisotopic (exact) mass is 242 g/mol. The van der Waals surface area contributed by atoms with Crippen LogP contribution in [0.15, 0.2) is 0 Å². The number of likely N-dealkylation sites (tertiary alicyclic amines) is 1. The van der Waals surface area contributed by atoms with E-state index in [4.69, 9.17) is 11.5 Å². The first kappa shape index (κ1) is 12.3. The Morgan fingerprint density at radius 3 is 2.71 bits per heavy atom. The predicted molar refractivity (Wildman–Crippen MR) is 59.5 cm³/mol. The van der Waals surface area contributed by atoms with Gasteiger partial charge in [-0.15, -0.1) is 0 Å². The lowest BCUT2D eigenvalue weighted by Gasteiger charge is -2.55. The summed E-state index contributed by atoms with van der Waals surface area (Å²) in [5.74, 6) is -0.983. The first-order valence-corrected chi connectivity index (χ1v) is 5.72. The van der Waals surface area contributed by atoms with Gasteiger partial charge in [0.25, 0.3) is 0 Å². The third-order valence-electron chi connectivity index (χ3n) is 3.85. The Bertz CT molecular complexity index is 351. The molecule has 2 aliphatic rings. The molecule has 2 amide bonds. The van der Waals surface area contributed by atoms with Crippen molar-refractivity contribution >= 4 is 11.8 Å². The fourth-order valence-electron chi connectivity index (χ4n) is 2.90. The maximum absolute atomic E-state index is 12.1. The molecular formula is C10H18N4O3. The van der Waals surface area contributed by atoms with Crippen molar-refractivity contribution in [2.75, 3.05) is 6.54 Å². The Kier molecular flexibility index (Phi) is 2.84. The molecule has 0 saturated carbocycles. The quantitative estimate of drug-likeness (QED) is 0.321. The molecule has 17 heavy (non-hydrogen) atoms. The van der Waals surface area contributed by atoms with Crippen LogP contribution in [0.25, 0.3) is 0 Å². The molecule has 6 N–H and O–H groups in total. The molecule has 0 aromatic rings. The molecule has 96 valence electrons. The van der Waals surface area contributed by atoms with Crippen LogP contribution < -0.4 is 16.8 Å². The van der Waals surface area contributed by atoms with Crippen LogP contribution in [-0.4, -0.2) is 52.2 Å². The highest BCUT2D eigenvalue weighted by Gasteiger charge is 2.62. The van der Waals surface area contributed by atoms with E-state index in [0.717, 1.165) is 19.4 Å². The molecule has 0 aromatic carbocycles. The second-order valence-electron chi connectivity index (χ2n) is 4.73. The highest BCUT2D eigenvalue weighted by Crippen LogP contribution is 2.39. The zero-order valence-electron chi connectivity index (χ0n) is 9.72. The molecule has 2 fully saturated rings. The Morgan fingerprint density at radius 2 is 2.35 bits per heavy atom. The van der Waals surface area contributed by atoms with Crippen molar-refractivity contribution in [2.45, 2.75) is 43.6 Å². The Hall–Kier alpha value is -1.18. The van der Waals surface area contributed by atoms with E-state index < -0.39 is 23.7 Å². The van der Waals surface area contributed by atoms with Gasteiger partial charge < -0.3 is 26.8 Å². The van der Waals surface area contributed by atoms with Crippen molar-refractivity contribution in [2.24, 2.45) is 11.5 Å². The van der Waals surface area contributed by atoms with Gasteiger partial charge in [-0.3, -0.25) is 9.59 Å². The number of carbonyl (C=O) groups excluding carboxylic acids is 2. The lowest BCUT2D eigenvalue weighted by atomic mass is 9.77. The molecular weight excluding hydrogens is 224 g/mol. The minimum Gasteiger partial charge on any atom is -0.376 e. The molecule has 7 nitrogen and oxygen atoms in total. The molecule has 1 spiro atoms. The van der Waals surface area contributed by atoms with Crippen molar-refractivity contribution in [1.82, 2.24) is 10.2 Å². The molecule has 7 heteroatoms. The van der Waals surface area contributed by atoms with E-state index in [1.54, 1.807) is 0 Å². The van der Waals surface area contributed by atoms with E-state index in [1.165, 1.54) is 4.90 Å². The number of β-lactam (4-membered cyclic amide) rings is 1. The zero-order valence-corrected chi connectivity index (χ0v) is 9.72. The van der Waals surface area contributed by atoms with E-state index in [1.807, 2.05) is 6.92 Å². The second-order valence-corrected chi connectivity index (χ2v) is 4.73. The predicted octanol–water partition coefficient (Wildman–Crippen LogP) is -2.53. The summed E-state index contributed by atoms with van der Waals surface area (Å²) in [7, 11) is 0. The number of hydrogen-bond donors (Lipinski definition) is 4. The Labute approximate surface area is 99.1 Å². The van der Waals surface area contributed by atoms with E-state index in [2.05, 4.69) is 5.32 Å². The summed E-state index contributed by atoms with van der Waals surface area (Å²) >= 11 is 0. The number of nitrogens with one attached hydrogen (secondary N) is 1. The van der Waals surface area contributed by atoms with Crippen LogP contribution in [-0.2, 0) is 9.59 Å². The fraction of sp³-hybridized carbons (Fsp3) is 0.800. The van der Waals surface area contributed by atoms with Gasteiger partial charge in [0, 0.05) is 0 Å². The molecule has 4 atom stereocenters. The topological polar surface area (TPSA) is 122 Å². The number of carbonyl (C=O) groups is 2. The molecule has 0 aliphatic carbocycles. The average Bonchev–Trinajstić information content (AvgIpc) is 2.74. The molecule has 2 aliphatic heterocycles. The largest absolute Gasteiger partial charge is 0.376 e. The molecule has 2 saturated heterocycles. The minimum atomic E-state index is -1.45. The van der Waals surface area contributed by atoms with Gasteiger partial charge in [-0.2, -0.15) is 0 Å². The number of rotatable bonds is 3. The lowest BCUT2D eigenvalue weighted by Crippen LogP contribution is -2.81. The number of nitrogens with zero attached hydrogens (tertiary/aromatic N) is 1. The zero-order chi connectivity index (χ0) is 12.8. The first-order valence-electron chi connectivity index (χ1n) is 5.72. The summed E-state index contributed by atoms with van der Waals surface area (Å²) in [6.07, 6.45) is 0.226. The van der Waals surface area contributed by atoms with Gasteiger partial charge in [0.1, 0.15) is 17.8 Å². The smallest absolute Gasteiger partial charge is 0.246 e. The van der Waals surface area contributed by atoms with Crippen molar-refractivity contribution in [3.63, 3.8) is 0 Å². The van der Waals surface area contributed by atoms with Crippen molar-refractivity contribution in [3.05, 3.63) is 0 Å². The number of primary amides is 1. The number of hydrogen-bond acceptors (Lipinski definition) is 5. The van der Waals surface area contributed by atoms with Gasteiger partial charge in [0.15, 0.2) is 0 Å². The minimum absolute atomic E-state index is 0.187. The molecule has 0 aromatic heterocycles. The molecule has 2 rings (SSSR count). The third kappa shape index (κ3) is 1.54. The Morgan fingerprint density at radius 1 is 1.71 bits per heavy atom. The van der Waals surface area contributed by atoms with Crippen LogP contribution >= 0.6 is 0 Å². The SMILES string of the molecule is CC1N([C@H](C(N)=O)[C@@H](N)O)C(=O)C12CCCN2. The highest BCUT2D eigenvalue weighted by molar-refractivity contribution is 5.98. The third-order valence-corrected chi connectivity index (χ3v) is 3.85. The molecule has 2 heterocycles. The summed E-state index contributed by atoms with van der Waals surface area (Å²) in [5.41, 5.74) is 9.89. The van der Waals surface area contributed by atoms with Crippen LogP contribution in [0.2, 0.25) is 0 Å². The Balaban J connectivity index is 2.20. The van der Waals surface area contributed by atoms with Crippen LogP contribution in [0.4, 0.5) is 0 Å². The van der Waals surface area contributed by atoms with E-state index in [0.29, 0.717) is 0 Å². The average molecular weight is 242 g/mol. The summed E-state index contributed by atoms with van der Waals surface area (Å²) in [4.78, 5) is 24.7. The molecule has 0 bridgehead atoms. The lowest BCUT2D eigenvalue weighted by molar-refractivity contribution is -0.173. The van der Waals surface area contributed by atoms with Crippen molar-refractivity contribution in [1.29, 1.82) is 0 Å². The highest BCUT2D eigenvalue weighted by atomic mass is 16.3. The van der Waals surface area contributed by atoms with Gasteiger partial charge >= 0.3 is 0 Å². The van der Waals surface area contributed by atoms with Gasteiger partial charge in [0.2, 0.25) is 11.8 Å².